The molecule has 3 aromatic carbocycles. The maximum Gasteiger partial charge on any atom is 0.243 e. The lowest BCUT2D eigenvalue weighted by Crippen LogP contribution is -2.50. The van der Waals surface area contributed by atoms with E-state index in [4.69, 9.17) is 23.2 Å². The molecule has 1 N–H and O–H groups in total. The second-order valence-electron chi connectivity index (χ2n) is 10.1. The van der Waals surface area contributed by atoms with Crippen LogP contribution in [0.25, 0.3) is 0 Å². The van der Waals surface area contributed by atoms with Gasteiger partial charge in [0.2, 0.25) is 21.8 Å². The molecule has 0 aliphatic heterocycles. The van der Waals surface area contributed by atoms with E-state index >= 15 is 0 Å². The molecule has 10 heteroatoms. The minimum atomic E-state index is -3.59. The molecule has 3 rings (SSSR count). The molecule has 0 heterocycles. The second-order valence-corrected chi connectivity index (χ2v) is 12.9. The average Bonchev–Trinajstić information content (AvgIpc) is 2.89. The Hall–Kier alpha value is -3.07. The fourth-order valence-electron chi connectivity index (χ4n) is 4.78. The van der Waals surface area contributed by atoms with Crippen LogP contribution in [0.1, 0.15) is 42.0 Å². The molecule has 2 amide bonds. The van der Waals surface area contributed by atoms with Gasteiger partial charge in [-0.3, -0.25) is 13.9 Å². The van der Waals surface area contributed by atoms with E-state index in [1.165, 1.54) is 9.21 Å². The summed E-state index contributed by atoms with van der Waals surface area (Å²) in [5, 5.41) is 3.72. The van der Waals surface area contributed by atoms with Crippen LogP contribution in [0.4, 0.5) is 5.69 Å². The Balaban J connectivity index is 1.90. The van der Waals surface area contributed by atoms with Gasteiger partial charge in [-0.1, -0.05) is 65.7 Å². The van der Waals surface area contributed by atoms with Crippen molar-refractivity contribution in [3.05, 3.63) is 99.0 Å². The number of halogens is 2. The Morgan fingerprint density at radius 2 is 1.61 bits per heavy atom. The highest BCUT2D eigenvalue weighted by atomic mass is 35.5. The number of rotatable bonds is 13. The molecule has 41 heavy (non-hydrogen) atoms. The number of sulfonamides is 1. The molecule has 0 aromatic heterocycles. The van der Waals surface area contributed by atoms with E-state index in [1.54, 1.807) is 18.2 Å². The smallest absolute Gasteiger partial charge is 0.243 e. The number of anilines is 1. The fraction of sp³-hybridized carbons (Fsp3) is 0.355. The van der Waals surface area contributed by atoms with E-state index in [-0.39, 0.29) is 37.7 Å². The van der Waals surface area contributed by atoms with E-state index in [0.717, 1.165) is 22.9 Å². The molecule has 3 aromatic rings. The maximum absolute atomic E-state index is 13.9. The van der Waals surface area contributed by atoms with Crippen molar-refractivity contribution in [2.75, 3.05) is 23.7 Å². The molecule has 220 valence electrons. The normalized spacial score (nSPS) is 12.0. The summed E-state index contributed by atoms with van der Waals surface area (Å²) < 4.78 is 26.7. The van der Waals surface area contributed by atoms with E-state index < -0.39 is 16.1 Å². The van der Waals surface area contributed by atoms with Crippen LogP contribution in [0.5, 0.6) is 0 Å². The zero-order valence-electron chi connectivity index (χ0n) is 23.9. The van der Waals surface area contributed by atoms with Crippen LogP contribution in [-0.4, -0.2) is 50.5 Å². The number of nitrogens with one attached hydrogen (secondary N) is 1. The standard InChI is InChI=1S/C31H37Cl2N3O4S/c1-5-34-31(38)29(19-24-10-7-6-8-11-24)35(21-25-13-14-26(32)20-28(25)33)30(37)12-9-15-36(41(4,39)40)27-17-22(2)16-23(3)18-27/h6-8,10-11,13-14,16-18,20,29H,5,9,12,15,19,21H2,1-4H3,(H,34,38)/t29-/m0/s1. The molecule has 0 fully saturated rings. The molecule has 0 aliphatic rings. The SMILES string of the molecule is CCNC(=O)[C@H](Cc1ccccc1)N(Cc1ccc(Cl)cc1Cl)C(=O)CCCN(c1cc(C)cc(C)c1)S(C)(=O)=O. The molecule has 0 radical (unpaired) electrons. The van der Waals surface area contributed by atoms with E-state index in [9.17, 15) is 18.0 Å². The van der Waals surface area contributed by atoms with Crippen molar-refractivity contribution in [2.45, 2.75) is 52.6 Å². The molecule has 0 spiro atoms. The summed E-state index contributed by atoms with van der Waals surface area (Å²) in [7, 11) is -3.59. The van der Waals surface area contributed by atoms with Crippen LogP contribution in [0.3, 0.4) is 0 Å². The Kier molecular flexibility index (Phi) is 11.6. The van der Waals surface area contributed by atoms with Gasteiger partial charge in [-0.25, -0.2) is 8.42 Å². The third-order valence-corrected chi connectivity index (χ3v) is 8.41. The summed E-state index contributed by atoms with van der Waals surface area (Å²) >= 11 is 12.6. The van der Waals surface area contributed by atoms with Gasteiger partial charge in [-0.15, -0.1) is 0 Å². The average molecular weight is 619 g/mol. The molecular formula is C31H37Cl2N3O4S. The van der Waals surface area contributed by atoms with Gasteiger partial charge in [-0.05, 0) is 73.7 Å². The summed E-state index contributed by atoms with van der Waals surface area (Å²) in [6.45, 7) is 6.27. The van der Waals surface area contributed by atoms with E-state index in [2.05, 4.69) is 5.32 Å². The first kappa shape index (κ1) is 32.4. The third kappa shape index (κ3) is 9.48. The van der Waals surface area contributed by atoms with Crippen LogP contribution in [0, 0.1) is 13.8 Å². The van der Waals surface area contributed by atoms with Crippen LogP contribution in [0.15, 0.2) is 66.7 Å². The van der Waals surface area contributed by atoms with Gasteiger partial charge in [0.15, 0.2) is 0 Å². The highest BCUT2D eigenvalue weighted by Gasteiger charge is 2.30. The zero-order valence-corrected chi connectivity index (χ0v) is 26.2. The molecule has 0 aliphatic carbocycles. The number of hydrogen-bond acceptors (Lipinski definition) is 4. The van der Waals surface area contributed by atoms with Crippen molar-refractivity contribution in [1.29, 1.82) is 0 Å². The largest absolute Gasteiger partial charge is 0.355 e. The van der Waals surface area contributed by atoms with Gasteiger partial charge in [0.1, 0.15) is 6.04 Å². The molecule has 1 atom stereocenters. The van der Waals surface area contributed by atoms with Crippen LogP contribution in [-0.2, 0) is 32.6 Å². The van der Waals surface area contributed by atoms with Gasteiger partial charge in [-0.2, -0.15) is 0 Å². The van der Waals surface area contributed by atoms with Crippen molar-refractivity contribution in [3.8, 4) is 0 Å². The van der Waals surface area contributed by atoms with Gasteiger partial charge in [0.05, 0.1) is 11.9 Å². The van der Waals surface area contributed by atoms with Crippen molar-refractivity contribution in [2.24, 2.45) is 0 Å². The summed E-state index contributed by atoms with van der Waals surface area (Å²) in [6, 6.07) is 19.3. The lowest BCUT2D eigenvalue weighted by atomic mass is 10.0. The number of likely N-dealkylation sites (N-methyl/N-ethyl adjacent to an activating group) is 1. The lowest BCUT2D eigenvalue weighted by molar-refractivity contribution is -0.141. The summed E-state index contributed by atoms with van der Waals surface area (Å²) in [6.07, 6.45) is 1.76. The van der Waals surface area contributed by atoms with Gasteiger partial charge >= 0.3 is 0 Å². The number of carbonyl (C=O) groups is 2. The summed E-state index contributed by atoms with van der Waals surface area (Å²) in [5.74, 6) is -0.556. The Bertz CT molecular complexity index is 1450. The topological polar surface area (TPSA) is 86.8 Å². The van der Waals surface area contributed by atoms with Crippen LogP contribution < -0.4 is 9.62 Å². The minimum absolute atomic E-state index is 0.0344. The predicted octanol–water partition coefficient (Wildman–Crippen LogP) is 5.93. The van der Waals surface area contributed by atoms with Crippen LogP contribution >= 0.6 is 23.2 Å². The lowest BCUT2D eigenvalue weighted by Gasteiger charge is -2.32. The second kappa shape index (κ2) is 14.7. The first-order valence-electron chi connectivity index (χ1n) is 13.5. The Labute approximate surface area is 253 Å². The third-order valence-electron chi connectivity index (χ3n) is 6.62. The summed E-state index contributed by atoms with van der Waals surface area (Å²) in [5.41, 5.74) is 4.01. The molecule has 0 saturated carbocycles. The number of benzene rings is 3. The maximum atomic E-state index is 13.9. The van der Waals surface area contributed by atoms with E-state index in [1.807, 2.05) is 69.3 Å². The van der Waals surface area contributed by atoms with Crippen molar-refractivity contribution in [1.82, 2.24) is 10.2 Å². The molecule has 0 bridgehead atoms. The Morgan fingerprint density at radius 3 is 2.20 bits per heavy atom. The monoisotopic (exact) mass is 617 g/mol. The predicted molar refractivity (Wildman–Crippen MR) is 167 cm³/mol. The van der Waals surface area contributed by atoms with E-state index in [0.29, 0.717) is 34.3 Å². The highest BCUT2D eigenvalue weighted by molar-refractivity contribution is 7.92. The Morgan fingerprint density at radius 1 is 0.951 bits per heavy atom. The molecule has 7 nitrogen and oxygen atoms in total. The quantitative estimate of drug-likeness (QED) is 0.257. The molecule has 0 unspecified atom stereocenters. The molecular weight excluding hydrogens is 581 g/mol. The van der Waals surface area contributed by atoms with Crippen molar-refractivity contribution < 1.29 is 18.0 Å². The first-order valence-corrected chi connectivity index (χ1v) is 16.1. The first-order chi connectivity index (χ1) is 19.4. The van der Waals surface area contributed by atoms with Crippen molar-refractivity contribution in [3.63, 3.8) is 0 Å². The number of carbonyl (C=O) groups excluding carboxylic acids is 2. The van der Waals surface area contributed by atoms with Crippen LogP contribution in [0.2, 0.25) is 10.0 Å². The van der Waals surface area contributed by atoms with Gasteiger partial charge in [0.25, 0.3) is 0 Å². The fourth-order valence-corrected chi connectivity index (χ4v) is 6.20. The molecule has 0 saturated heterocycles. The summed E-state index contributed by atoms with van der Waals surface area (Å²) in [4.78, 5) is 28.7. The number of aryl methyl sites for hydroxylation is 2. The minimum Gasteiger partial charge on any atom is -0.355 e. The van der Waals surface area contributed by atoms with Crippen molar-refractivity contribution >= 4 is 50.7 Å². The zero-order chi connectivity index (χ0) is 30.2. The number of nitrogens with zero attached hydrogens (tertiary/aromatic N) is 2. The highest BCUT2D eigenvalue weighted by Crippen LogP contribution is 2.26. The van der Waals surface area contributed by atoms with Gasteiger partial charge in [0, 0.05) is 42.5 Å². The number of hydrogen-bond donors (Lipinski definition) is 1. The van der Waals surface area contributed by atoms with Gasteiger partial charge < -0.3 is 10.2 Å². The number of amides is 2.